The summed E-state index contributed by atoms with van der Waals surface area (Å²) in [6.07, 6.45) is 0. The zero-order valence-corrected chi connectivity index (χ0v) is 21.9. The highest BCUT2D eigenvalue weighted by atomic mass is 32.2. The number of carbonyl (C=O) groups excluding carboxylic acids is 3. The van der Waals surface area contributed by atoms with E-state index in [1.807, 2.05) is 24.3 Å². The molecule has 0 spiro atoms. The van der Waals surface area contributed by atoms with Crippen molar-refractivity contribution < 1.29 is 22.8 Å². The molecule has 2 fully saturated rings. The van der Waals surface area contributed by atoms with Gasteiger partial charge in [0.05, 0.1) is 0 Å². The van der Waals surface area contributed by atoms with Crippen LogP contribution in [-0.2, 0) is 30.6 Å². The Balaban J connectivity index is 1.40. The molecule has 1 aromatic heterocycles. The fourth-order valence-electron chi connectivity index (χ4n) is 4.29. The number of amides is 4. The summed E-state index contributed by atoms with van der Waals surface area (Å²) >= 11 is 1.15. The first-order valence-corrected chi connectivity index (χ1v) is 13.7. The molecule has 2 saturated heterocycles. The molecule has 0 unspecified atom stereocenters. The van der Waals surface area contributed by atoms with Crippen LogP contribution in [0, 0.1) is 0 Å². The van der Waals surface area contributed by atoms with Crippen molar-refractivity contribution in [3.05, 3.63) is 52.9 Å². The van der Waals surface area contributed by atoms with Crippen molar-refractivity contribution in [3.63, 3.8) is 0 Å². The smallest absolute Gasteiger partial charge is 0.325 e. The van der Waals surface area contributed by atoms with Crippen LogP contribution < -0.4 is 5.32 Å². The van der Waals surface area contributed by atoms with Gasteiger partial charge >= 0.3 is 6.03 Å². The van der Waals surface area contributed by atoms with E-state index in [9.17, 15) is 22.8 Å². The van der Waals surface area contributed by atoms with Crippen LogP contribution in [0.3, 0.4) is 0 Å². The lowest BCUT2D eigenvalue weighted by molar-refractivity contribution is -0.139. The molecule has 9 nitrogen and oxygen atoms in total. The number of hydrogen-bond acceptors (Lipinski definition) is 6. The Kier molecular flexibility index (Phi) is 6.54. The van der Waals surface area contributed by atoms with Crippen molar-refractivity contribution >= 4 is 39.2 Å². The van der Waals surface area contributed by atoms with E-state index in [2.05, 4.69) is 26.1 Å². The third-order valence-electron chi connectivity index (χ3n) is 6.58. The fraction of sp³-hybridized carbons (Fsp3) is 0.458. The van der Waals surface area contributed by atoms with E-state index in [-0.39, 0.29) is 35.8 Å². The molecular formula is C24H30N4O5S2. The number of nitrogens with one attached hydrogen (secondary N) is 1. The topological polar surface area (TPSA) is 107 Å². The number of carbonyl (C=O) groups is 3. The molecule has 11 heteroatoms. The summed E-state index contributed by atoms with van der Waals surface area (Å²) in [4.78, 5) is 41.3. The van der Waals surface area contributed by atoms with Crippen LogP contribution in [0.5, 0.6) is 0 Å². The van der Waals surface area contributed by atoms with Crippen molar-refractivity contribution in [2.45, 2.75) is 42.9 Å². The summed E-state index contributed by atoms with van der Waals surface area (Å²) in [5.41, 5.74) is 0.440. The maximum Gasteiger partial charge on any atom is 0.325 e. The largest absolute Gasteiger partial charge is 0.338 e. The van der Waals surface area contributed by atoms with Crippen molar-refractivity contribution in [3.8, 4) is 0 Å². The minimum atomic E-state index is -3.58. The minimum absolute atomic E-state index is 0.0477. The summed E-state index contributed by atoms with van der Waals surface area (Å²) in [6.45, 7) is 8.23. The summed E-state index contributed by atoms with van der Waals surface area (Å²) in [6, 6.07) is 10.2. The van der Waals surface area contributed by atoms with E-state index in [4.69, 9.17) is 0 Å². The molecule has 0 bridgehead atoms. The van der Waals surface area contributed by atoms with E-state index >= 15 is 0 Å². The predicted octanol–water partition coefficient (Wildman–Crippen LogP) is 2.35. The number of nitrogens with zero attached hydrogens (tertiary/aromatic N) is 3. The number of benzene rings is 1. The first-order valence-electron chi connectivity index (χ1n) is 11.4. The number of thiophene rings is 1. The lowest BCUT2D eigenvalue weighted by atomic mass is 9.84. The molecule has 1 aromatic carbocycles. The second kappa shape index (κ2) is 9.03. The van der Waals surface area contributed by atoms with E-state index in [0.29, 0.717) is 5.56 Å². The van der Waals surface area contributed by atoms with Gasteiger partial charge in [-0.15, -0.1) is 11.3 Å². The number of sulfonamides is 1. The molecular weight excluding hydrogens is 488 g/mol. The van der Waals surface area contributed by atoms with E-state index < -0.39 is 40.0 Å². The molecule has 1 N–H and O–H groups in total. The third kappa shape index (κ3) is 4.72. The molecule has 0 radical (unpaired) electrons. The number of hydrogen-bond donors (Lipinski definition) is 1. The highest BCUT2D eigenvalue weighted by Gasteiger charge is 2.50. The van der Waals surface area contributed by atoms with Gasteiger partial charge in [0.25, 0.3) is 15.9 Å². The van der Waals surface area contributed by atoms with Crippen molar-refractivity contribution in [1.82, 2.24) is 19.4 Å². The van der Waals surface area contributed by atoms with Crippen molar-refractivity contribution in [2.24, 2.45) is 0 Å². The van der Waals surface area contributed by atoms with E-state index in [1.54, 1.807) is 24.4 Å². The Morgan fingerprint density at radius 3 is 2.23 bits per heavy atom. The SMILES string of the molecule is CC(C)(C)c1ccc([C@@]2(C)NC(=O)N(CC(=O)N3CCN(S(=O)(=O)c4cccs4)CC3)C2=O)cc1. The van der Waals surface area contributed by atoms with Crippen molar-refractivity contribution in [1.29, 1.82) is 0 Å². The van der Waals surface area contributed by atoms with E-state index in [0.717, 1.165) is 21.8 Å². The summed E-state index contributed by atoms with van der Waals surface area (Å²) in [7, 11) is -3.58. The maximum atomic E-state index is 13.2. The Labute approximate surface area is 209 Å². The van der Waals surface area contributed by atoms with Crippen LogP contribution >= 0.6 is 11.3 Å². The molecule has 4 rings (SSSR count). The third-order valence-corrected chi connectivity index (χ3v) is 9.85. The van der Waals surface area contributed by atoms with Crippen LogP contribution in [0.2, 0.25) is 0 Å². The van der Waals surface area contributed by atoms with Crippen LogP contribution in [-0.4, -0.2) is 73.1 Å². The quantitative estimate of drug-likeness (QED) is 0.612. The Morgan fingerprint density at radius 2 is 1.69 bits per heavy atom. The Bertz CT molecular complexity index is 1230. The molecule has 1 atom stereocenters. The highest BCUT2D eigenvalue weighted by molar-refractivity contribution is 7.91. The monoisotopic (exact) mass is 518 g/mol. The van der Waals surface area contributed by atoms with E-state index in [1.165, 1.54) is 9.21 Å². The molecule has 2 aromatic rings. The molecule has 0 saturated carbocycles. The zero-order valence-electron chi connectivity index (χ0n) is 20.3. The van der Waals surface area contributed by atoms with Gasteiger partial charge < -0.3 is 10.2 Å². The van der Waals surface area contributed by atoms with Gasteiger partial charge in [0.2, 0.25) is 5.91 Å². The summed E-state index contributed by atoms with van der Waals surface area (Å²) in [5.74, 6) is -0.882. The normalized spacial score (nSPS) is 21.9. The number of imide groups is 1. The van der Waals surface area contributed by atoms with Crippen LogP contribution in [0.15, 0.2) is 46.0 Å². The molecule has 3 heterocycles. The Hall–Kier alpha value is -2.76. The average molecular weight is 519 g/mol. The molecule has 2 aliphatic rings. The lowest BCUT2D eigenvalue weighted by Crippen LogP contribution is -2.53. The van der Waals surface area contributed by atoms with Crippen LogP contribution in [0.1, 0.15) is 38.8 Å². The first-order chi connectivity index (χ1) is 16.3. The summed E-state index contributed by atoms with van der Waals surface area (Å²) < 4.78 is 27.0. The fourth-order valence-corrected chi connectivity index (χ4v) is 6.86. The number of urea groups is 1. The van der Waals surface area contributed by atoms with Crippen LogP contribution in [0.25, 0.3) is 0 Å². The first kappa shape index (κ1) is 25.3. The standard InChI is InChI=1S/C24H30N4O5S2/c1-23(2,3)17-7-9-18(10-8-17)24(4)21(30)28(22(31)25-24)16-19(29)26-11-13-27(14-12-26)35(32,33)20-6-5-15-34-20/h5-10,15H,11-14,16H2,1-4H3,(H,25,31)/t24-/m1/s1. The number of rotatable bonds is 5. The lowest BCUT2D eigenvalue weighted by Gasteiger charge is -2.34. The Morgan fingerprint density at radius 1 is 1.06 bits per heavy atom. The van der Waals surface area contributed by atoms with Gasteiger partial charge in [-0.05, 0) is 34.9 Å². The van der Waals surface area contributed by atoms with Gasteiger partial charge in [0.1, 0.15) is 16.3 Å². The maximum absolute atomic E-state index is 13.2. The van der Waals surface area contributed by atoms with Gasteiger partial charge in [0.15, 0.2) is 0 Å². The molecule has 4 amide bonds. The van der Waals surface area contributed by atoms with Gasteiger partial charge in [-0.3, -0.25) is 14.5 Å². The zero-order chi connectivity index (χ0) is 25.6. The minimum Gasteiger partial charge on any atom is -0.338 e. The van der Waals surface area contributed by atoms with Gasteiger partial charge in [-0.2, -0.15) is 4.31 Å². The highest BCUT2D eigenvalue weighted by Crippen LogP contribution is 2.31. The second-order valence-electron chi connectivity index (χ2n) is 9.99. The average Bonchev–Trinajstić information content (AvgIpc) is 3.43. The number of piperazine rings is 1. The summed E-state index contributed by atoms with van der Waals surface area (Å²) in [5, 5.41) is 4.44. The van der Waals surface area contributed by atoms with Gasteiger partial charge in [0, 0.05) is 26.2 Å². The molecule has 0 aliphatic carbocycles. The van der Waals surface area contributed by atoms with Crippen LogP contribution in [0.4, 0.5) is 4.79 Å². The van der Waals surface area contributed by atoms with Gasteiger partial charge in [-0.1, -0.05) is 51.1 Å². The molecule has 2 aliphatic heterocycles. The molecule has 35 heavy (non-hydrogen) atoms. The predicted molar refractivity (Wildman–Crippen MR) is 132 cm³/mol. The van der Waals surface area contributed by atoms with Crippen molar-refractivity contribution in [2.75, 3.05) is 32.7 Å². The second-order valence-corrected chi connectivity index (χ2v) is 13.1. The molecule has 188 valence electrons. The van der Waals surface area contributed by atoms with Gasteiger partial charge in [-0.25, -0.2) is 13.2 Å².